The van der Waals surface area contributed by atoms with E-state index < -0.39 is 18.7 Å². The zero-order valence-corrected chi connectivity index (χ0v) is 10.1. The lowest BCUT2D eigenvalue weighted by molar-refractivity contribution is 0.304. The normalized spacial score (nSPS) is 12.0. The van der Waals surface area contributed by atoms with Crippen molar-refractivity contribution in [3.8, 4) is 11.8 Å². The Hall–Kier alpha value is -0.353. The van der Waals surface area contributed by atoms with Gasteiger partial charge in [0.1, 0.15) is 6.61 Å². The number of hydrogen-bond acceptors (Lipinski definition) is 4. The summed E-state index contributed by atoms with van der Waals surface area (Å²) in [5.41, 5.74) is 0. The van der Waals surface area contributed by atoms with Crippen molar-refractivity contribution < 1.29 is 16.5 Å². The molecule has 0 rings (SSSR count). The molecule has 0 radical (unpaired) electrons. The van der Waals surface area contributed by atoms with Gasteiger partial charge in [0, 0.05) is 0 Å². The smallest absolute Gasteiger partial charge is 0.294 e. The van der Waals surface area contributed by atoms with Gasteiger partial charge in [-0.2, -0.15) is 8.42 Å². The molecule has 0 heterocycles. The van der Waals surface area contributed by atoms with E-state index in [-0.39, 0.29) is 6.61 Å². The van der Waals surface area contributed by atoms with Gasteiger partial charge in [0.2, 0.25) is 8.32 Å². The van der Waals surface area contributed by atoms with E-state index in [4.69, 9.17) is 3.87 Å². The summed E-state index contributed by atoms with van der Waals surface area (Å²) in [7, 11) is -5.97. The van der Waals surface area contributed by atoms with Gasteiger partial charge in [-0.05, 0) is 26.6 Å². The van der Waals surface area contributed by atoms with Crippen molar-refractivity contribution in [3.05, 3.63) is 0 Å². The highest BCUT2D eigenvalue weighted by atomic mass is 32.3. The first-order valence-corrected chi connectivity index (χ1v) is 8.50. The highest BCUT2D eigenvalue weighted by Crippen LogP contribution is 2.08. The SMILES string of the molecule is CC#CCOS(=O)(=O)O[Si](C)(C)C. The standard InChI is InChI=1S/C7H14O4SSi/c1-5-6-7-10-12(8,9)11-13(2,3)4/h7H2,1-4H3. The minimum absolute atomic E-state index is 0.149. The van der Waals surface area contributed by atoms with Crippen LogP contribution in [-0.2, 0) is 18.5 Å². The molecule has 0 atom stereocenters. The van der Waals surface area contributed by atoms with Crippen LogP contribution >= 0.6 is 0 Å². The molecule has 76 valence electrons. The van der Waals surface area contributed by atoms with Crippen LogP contribution in [0.2, 0.25) is 19.6 Å². The lowest BCUT2D eigenvalue weighted by Crippen LogP contribution is -2.30. The van der Waals surface area contributed by atoms with Crippen LogP contribution in [0.1, 0.15) is 6.92 Å². The zero-order valence-electron chi connectivity index (χ0n) is 8.25. The Morgan fingerprint density at radius 2 is 1.85 bits per heavy atom. The van der Waals surface area contributed by atoms with Gasteiger partial charge in [-0.1, -0.05) is 5.92 Å². The molecule has 13 heavy (non-hydrogen) atoms. The molecule has 0 aliphatic rings. The Balaban J connectivity index is 4.16. The molecule has 0 unspecified atom stereocenters. The molecular formula is C7H14O4SSi. The Labute approximate surface area is 80.7 Å². The topological polar surface area (TPSA) is 52.6 Å². The average molecular weight is 222 g/mol. The van der Waals surface area contributed by atoms with Crippen LogP contribution in [0, 0.1) is 11.8 Å². The van der Waals surface area contributed by atoms with Gasteiger partial charge in [0.25, 0.3) is 0 Å². The molecule has 0 bridgehead atoms. The fraction of sp³-hybridized carbons (Fsp3) is 0.714. The van der Waals surface area contributed by atoms with Crippen LogP contribution in [0.3, 0.4) is 0 Å². The third kappa shape index (κ3) is 7.99. The molecule has 0 aromatic rings. The summed E-state index contributed by atoms with van der Waals surface area (Å²) in [6.07, 6.45) is 0. The first-order valence-electron chi connectivity index (χ1n) is 3.76. The second-order valence-corrected chi connectivity index (χ2v) is 9.24. The summed E-state index contributed by atoms with van der Waals surface area (Å²) < 4.78 is 31.3. The molecular weight excluding hydrogens is 208 g/mol. The predicted octanol–water partition coefficient (Wildman–Crippen LogP) is 1.12. The Morgan fingerprint density at radius 3 is 2.23 bits per heavy atom. The van der Waals surface area contributed by atoms with Crippen LogP contribution in [0.25, 0.3) is 0 Å². The quantitative estimate of drug-likeness (QED) is 0.528. The van der Waals surface area contributed by atoms with Crippen LogP contribution in [0.5, 0.6) is 0 Å². The third-order valence-corrected chi connectivity index (χ3v) is 4.03. The number of hydrogen-bond donors (Lipinski definition) is 0. The van der Waals surface area contributed by atoms with Crippen molar-refractivity contribution in [1.29, 1.82) is 0 Å². The van der Waals surface area contributed by atoms with E-state index in [1.54, 1.807) is 26.6 Å². The van der Waals surface area contributed by atoms with Crippen LogP contribution in [-0.4, -0.2) is 23.3 Å². The third-order valence-electron chi connectivity index (χ3n) is 0.804. The fourth-order valence-corrected chi connectivity index (χ4v) is 3.35. The van der Waals surface area contributed by atoms with Gasteiger partial charge in [-0.3, -0.25) is 3.87 Å². The molecule has 6 heteroatoms. The molecule has 0 aromatic heterocycles. The van der Waals surface area contributed by atoms with Crippen molar-refractivity contribution in [2.75, 3.05) is 6.61 Å². The van der Waals surface area contributed by atoms with E-state index in [0.717, 1.165) is 0 Å². The molecule has 0 spiro atoms. The summed E-state index contributed by atoms with van der Waals surface area (Å²) in [6, 6.07) is 0. The van der Waals surface area contributed by atoms with Crippen LogP contribution in [0.4, 0.5) is 0 Å². The van der Waals surface area contributed by atoms with Gasteiger partial charge >= 0.3 is 10.4 Å². The minimum Gasteiger partial charge on any atom is -0.294 e. The van der Waals surface area contributed by atoms with Crippen molar-refractivity contribution >= 4 is 18.7 Å². The van der Waals surface area contributed by atoms with Gasteiger partial charge in [0.15, 0.2) is 0 Å². The largest absolute Gasteiger partial charge is 0.391 e. The summed E-state index contributed by atoms with van der Waals surface area (Å²) >= 11 is 0. The maximum Gasteiger partial charge on any atom is 0.391 e. The highest BCUT2D eigenvalue weighted by Gasteiger charge is 2.24. The van der Waals surface area contributed by atoms with Gasteiger partial charge in [-0.15, -0.1) is 5.92 Å². The summed E-state index contributed by atoms with van der Waals surface area (Å²) in [5.74, 6) is 4.99. The molecule has 0 N–H and O–H groups in total. The summed E-state index contributed by atoms with van der Waals surface area (Å²) in [4.78, 5) is 0. The lowest BCUT2D eigenvalue weighted by atomic mass is 10.6. The minimum atomic E-state index is -3.85. The second kappa shape index (κ2) is 4.76. The Morgan fingerprint density at radius 1 is 1.31 bits per heavy atom. The van der Waals surface area contributed by atoms with E-state index in [1.807, 2.05) is 0 Å². The first kappa shape index (κ1) is 12.6. The average Bonchev–Trinajstić information content (AvgIpc) is 1.81. The van der Waals surface area contributed by atoms with E-state index in [0.29, 0.717) is 0 Å². The Bertz CT molecular complexity index is 304. The highest BCUT2D eigenvalue weighted by molar-refractivity contribution is 7.83. The summed E-state index contributed by atoms with van der Waals surface area (Å²) in [5, 5.41) is 0. The molecule has 0 fully saturated rings. The van der Waals surface area contributed by atoms with E-state index in [1.165, 1.54) is 0 Å². The fourth-order valence-electron chi connectivity index (χ4n) is 0.504. The lowest BCUT2D eigenvalue weighted by Gasteiger charge is -2.15. The molecule has 0 aliphatic carbocycles. The number of rotatable bonds is 4. The maximum absolute atomic E-state index is 11.0. The van der Waals surface area contributed by atoms with Crippen molar-refractivity contribution in [3.63, 3.8) is 0 Å². The van der Waals surface area contributed by atoms with Crippen LogP contribution < -0.4 is 0 Å². The molecule has 0 saturated heterocycles. The molecule has 0 aromatic carbocycles. The van der Waals surface area contributed by atoms with E-state index in [9.17, 15) is 8.42 Å². The van der Waals surface area contributed by atoms with E-state index >= 15 is 0 Å². The first-order chi connectivity index (χ1) is 5.77. The zero-order chi connectivity index (χ0) is 10.5. The van der Waals surface area contributed by atoms with Gasteiger partial charge in [-0.25, -0.2) is 4.18 Å². The molecule has 0 saturated carbocycles. The predicted molar refractivity (Wildman–Crippen MR) is 52.8 cm³/mol. The molecule has 0 aliphatic heterocycles. The Kier molecular flexibility index (Phi) is 4.63. The van der Waals surface area contributed by atoms with Crippen molar-refractivity contribution in [1.82, 2.24) is 0 Å². The van der Waals surface area contributed by atoms with Crippen LogP contribution in [0.15, 0.2) is 0 Å². The molecule has 0 amide bonds. The monoisotopic (exact) mass is 222 g/mol. The summed E-state index contributed by atoms with van der Waals surface area (Å²) in [6.45, 7) is 6.75. The van der Waals surface area contributed by atoms with Gasteiger partial charge in [0.05, 0.1) is 0 Å². The van der Waals surface area contributed by atoms with Crippen molar-refractivity contribution in [2.45, 2.75) is 26.6 Å². The maximum atomic E-state index is 11.0. The second-order valence-electron chi connectivity index (χ2n) is 3.29. The van der Waals surface area contributed by atoms with Gasteiger partial charge < -0.3 is 0 Å². The van der Waals surface area contributed by atoms with E-state index in [2.05, 4.69) is 16.0 Å². The van der Waals surface area contributed by atoms with Crippen molar-refractivity contribution in [2.24, 2.45) is 0 Å². The molecule has 4 nitrogen and oxygen atoms in total.